The molecule has 0 fully saturated rings. The molecular formula is C17H11Cl2FN2O2. The number of rotatable bonds is 3. The molecule has 1 aromatic heterocycles. The highest BCUT2D eigenvalue weighted by Crippen LogP contribution is 2.33. The Morgan fingerprint density at radius 1 is 1.21 bits per heavy atom. The average molecular weight is 365 g/mol. The third-order valence-corrected chi connectivity index (χ3v) is 4.11. The van der Waals surface area contributed by atoms with Crippen molar-refractivity contribution in [1.82, 2.24) is 5.16 Å². The molecule has 0 N–H and O–H groups in total. The molecule has 0 aliphatic carbocycles. The summed E-state index contributed by atoms with van der Waals surface area (Å²) in [5, 5.41) is 4.12. The molecule has 24 heavy (non-hydrogen) atoms. The molecule has 0 aliphatic rings. The number of anilines is 1. The molecular weight excluding hydrogens is 354 g/mol. The number of halogens is 3. The van der Waals surface area contributed by atoms with Crippen LogP contribution in [0.5, 0.6) is 0 Å². The molecule has 0 radical (unpaired) electrons. The van der Waals surface area contributed by atoms with E-state index in [9.17, 15) is 9.18 Å². The predicted octanol–water partition coefficient (Wildman–Crippen LogP) is 5.31. The third-order valence-electron chi connectivity index (χ3n) is 3.36. The fourth-order valence-electron chi connectivity index (χ4n) is 2.23. The third kappa shape index (κ3) is 3.13. The molecule has 0 aliphatic heterocycles. The number of aromatic nitrogens is 1. The minimum Gasteiger partial charge on any atom is -0.356 e. The molecule has 2 aromatic carbocycles. The largest absolute Gasteiger partial charge is 0.356 e. The molecule has 1 amide bonds. The molecule has 0 bridgehead atoms. The quantitative estimate of drug-likeness (QED) is 0.591. The Morgan fingerprint density at radius 3 is 2.67 bits per heavy atom. The Balaban J connectivity index is 2.00. The van der Waals surface area contributed by atoms with Crippen molar-refractivity contribution < 1.29 is 13.7 Å². The van der Waals surface area contributed by atoms with Gasteiger partial charge in [0, 0.05) is 30.3 Å². The number of nitrogens with zero attached hydrogens (tertiary/aromatic N) is 2. The van der Waals surface area contributed by atoms with Crippen molar-refractivity contribution in [2.45, 2.75) is 6.92 Å². The molecule has 3 rings (SSSR count). The Hall–Kier alpha value is -2.37. The van der Waals surface area contributed by atoms with E-state index in [0.29, 0.717) is 17.0 Å². The molecule has 3 aromatic rings. The maximum atomic E-state index is 14.0. The van der Waals surface area contributed by atoms with Crippen LogP contribution in [-0.4, -0.2) is 11.1 Å². The second kappa shape index (κ2) is 6.63. The lowest BCUT2D eigenvalue weighted by Crippen LogP contribution is -2.16. The van der Waals surface area contributed by atoms with Gasteiger partial charge >= 0.3 is 0 Å². The summed E-state index contributed by atoms with van der Waals surface area (Å²) in [4.78, 5) is 11.4. The van der Waals surface area contributed by atoms with Gasteiger partial charge in [0.25, 0.3) is 0 Å². The number of carbonyl (C=O) groups is 1. The SMILES string of the molecule is CC(=O)N(Cl)c1cccc(-c2cc(-c3c(F)cccc3Cl)no2)c1. The van der Waals surface area contributed by atoms with Gasteiger partial charge in [-0.05, 0) is 24.3 Å². The first-order chi connectivity index (χ1) is 11.5. The van der Waals surface area contributed by atoms with Crippen LogP contribution in [0.3, 0.4) is 0 Å². The minimum atomic E-state index is -0.486. The van der Waals surface area contributed by atoms with Gasteiger partial charge in [0.15, 0.2) is 5.76 Å². The predicted molar refractivity (Wildman–Crippen MR) is 91.4 cm³/mol. The van der Waals surface area contributed by atoms with Crippen molar-refractivity contribution in [1.29, 1.82) is 0 Å². The summed E-state index contributed by atoms with van der Waals surface area (Å²) >= 11 is 12.0. The Bertz CT molecular complexity index is 891. The zero-order valence-electron chi connectivity index (χ0n) is 12.5. The van der Waals surface area contributed by atoms with Crippen LogP contribution < -0.4 is 4.42 Å². The maximum Gasteiger partial charge on any atom is 0.238 e. The zero-order valence-corrected chi connectivity index (χ0v) is 14.0. The number of hydrogen-bond acceptors (Lipinski definition) is 3. The first kappa shape index (κ1) is 16.5. The summed E-state index contributed by atoms with van der Waals surface area (Å²) in [6, 6.07) is 12.8. The summed E-state index contributed by atoms with van der Waals surface area (Å²) < 4.78 is 20.3. The normalized spacial score (nSPS) is 10.7. The van der Waals surface area contributed by atoms with E-state index in [1.54, 1.807) is 36.4 Å². The fourth-order valence-corrected chi connectivity index (χ4v) is 2.60. The molecule has 0 atom stereocenters. The van der Waals surface area contributed by atoms with Crippen LogP contribution in [0.2, 0.25) is 5.02 Å². The molecule has 122 valence electrons. The van der Waals surface area contributed by atoms with Crippen LogP contribution in [0.4, 0.5) is 10.1 Å². The smallest absolute Gasteiger partial charge is 0.238 e. The van der Waals surface area contributed by atoms with Gasteiger partial charge in [-0.1, -0.05) is 35.0 Å². The van der Waals surface area contributed by atoms with Gasteiger partial charge in [0.1, 0.15) is 11.5 Å². The van der Waals surface area contributed by atoms with E-state index in [1.165, 1.54) is 19.1 Å². The molecule has 0 spiro atoms. The van der Waals surface area contributed by atoms with Crippen LogP contribution in [0.15, 0.2) is 53.1 Å². The van der Waals surface area contributed by atoms with E-state index in [1.807, 2.05) is 0 Å². The summed E-state index contributed by atoms with van der Waals surface area (Å²) in [5.74, 6) is -0.399. The van der Waals surface area contributed by atoms with Crippen LogP contribution in [0, 0.1) is 5.82 Å². The van der Waals surface area contributed by atoms with Crippen molar-refractivity contribution >= 4 is 35.0 Å². The first-order valence-electron chi connectivity index (χ1n) is 6.95. The molecule has 7 heteroatoms. The number of hydrogen-bond donors (Lipinski definition) is 0. The number of carbonyl (C=O) groups excluding carboxylic acids is 1. The van der Waals surface area contributed by atoms with E-state index in [2.05, 4.69) is 5.16 Å². The second-order valence-corrected chi connectivity index (χ2v) is 5.77. The summed E-state index contributed by atoms with van der Waals surface area (Å²) in [7, 11) is 0. The fraction of sp³-hybridized carbons (Fsp3) is 0.0588. The summed E-state index contributed by atoms with van der Waals surface area (Å²) in [6.45, 7) is 1.35. The zero-order chi connectivity index (χ0) is 17.3. The average Bonchev–Trinajstić information content (AvgIpc) is 3.03. The minimum absolute atomic E-state index is 0.174. The van der Waals surface area contributed by atoms with E-state index in [-0.39, 0.29) is 22.2 Å². The van der Waals surface area contributed by atoms with Crippen molar-refractivity contribution in [3.8, 4) is 22.6 Å². The highest BCUT2D eigenvalue weighted by molar-refractivity contribution is 6.36. The van der Waals surface area contributed by atoms with Gasteiger partial charge in [0.05, 0.1) is 16.3 Å². The van der Waals surface area contributed by atoms with Gasteiger partial charge in [-0.3, -0.25) is 4.79 Å². The van der Waals surface area contributed by atoms with Crippen molar-refractivity contribution in [2.75, 3.05) is 4.42 Å². The number of benzene rings is 2. The Labute approximate surface area is 147 Å². The Kier molecular flexibility index (Phi) is 4.55. The van der Waals surface area contributed by atoms with E-state index >= 15 is 0 Å². The maximum absolute atomic E-state index is 14.0. The van der Waals surface area contributed by atoms with E-state index in [4.69, 9.17) is 27.9 Å². The van der Waals surface area contributed by atoms with E-state index in [0.717, 1.165) is 4.42 Å². The molecule has 1 heterocycles. The molecule has 4 nitrogen and oxygen atoms in total. The molecule has 0 unspecified atom stereocenters. The van der Waals surface area contributed by atoms with Crippen molar-refractivity contribution in [3.63, 3.8) is 0 Å². The Morgan fingerprint density at radius 2 is 1.96 bits per heavy atom. The van der Waals surface area contributed by atoms with Crippen molar-refractivity contribution in [2.24, 2.45) is 0 Å². The lowest BCUT2D eigenvalue weighted by atomic mass is 10.1. The van der Waals surface area contributed by atoms with Gasteiger partial charge in [0.2, 0.25) is 5.91 Å². The first-order valence-corrected chi connectivity index (χ1v) is 7.67. The lowest BCUT2D eigenvalue weighted by molar-refractivity contribution is -0.115. The summed E-state index contributed by atoms with van der Waals surface area (Å²) in [6.07, 6.45) is 0. The van der Waals surface area contributed by atoms with Gasteiger partial charge < -0.3 is 4.52 Å². The van der Waals surface area contributed by atoms with Crippen LogP contribution in [-0.2, 0) is 4.79 Å². The van der Waals surface area contributed by atoms with Crippen LogP contribution >= 0.6 is 23.4 Å². The van der Waals surface area contributed by atoms with Crippen LogP contribution in [0.1, 0.15) is 6.92 Å². The van der Waals surface area contributed by atoms with Crippen molar-refractivity contribution in [3.05, 3.63) is 59.4 Å². The van der Waals surface area contributed by atoms with Gasteiger partial charge in [-0.25, -0.2) is 8.81 Å². The van der Waals surface area contributed by atoms with E-state index < -0.39 is 5.82 Å². The summed E-state index contributed by atoms with van der Waals surface area (Å²) in [5.41, 5.74) is 1.59. The molecule has 0 saturated heterocycles. The monoisotopic (exact) mass is 364 g/mol. The van der Waals surface area contributed by atoms with Gasteiger partial charge in [-0.2, -0.15) is 0 Å². The standard InChI is InChI=1S/C17H11Cl2FN2O2/c1-10(23)22(19)12-5-2-4-11(8-12)16-9-15(21-24-16)17-13(18)6-3-7-14(17)20/h2-9H,1H3. The topological polar surface area (TPSA) is 46.3 Å². The second-order valence-electron chi connectivity index (χ2n) is 5.02. The highest BCUT2D eigenvalue weighted by atomic mass is 35.5. The van der Waals surface area contributed by atoms with Crippen LogP contribution in [0.25, 0.3) is 22.6 Å². The molecule has 0 saturated carbocycles. The van der Waals surface area contributed by atoms with Gasteiger partial charge in [-0.15, -0.1) is 0 Å². The lowest BCUT2D eigenvalue weighted by Gasteiger charge is -2.11. The highest BCUT2D eigenvalue weighted by Gasteiger charge is 2.16. The number of amides is 1.